The fraction of sp³-hybridized carbons (Fsp3) is 0.333. The van der Waals surface area contributed by atoms with Crippen LogP contribution in [-0.4, -0.2) is 78.3 Å². The molecule has 0 aliphatic rings. The minimum absolute atomic E-state index is 0.144. The highest BCUT2D eigenvalue weighted by Crippen LogP contribution is 2.26. The van der Waals surface area contributed by atoms with E-state index in [4.69, 9.17) is 5.11 Å². The number of aliphatic hydroxyl groups excluding tert-OH is 4. The monoisotopic (exact) mass is 342 g/mol. The molecule has 0 aliphatic heterocycles. The largest absolute Gasteiger partial charge is 0.504 e. The van der Waals surface area contributed by atoms with Crippen LogP contribution in [0.1, 0.15) is 5.56 Å². The maximum atomic E-state index is 12.1. The Balaban J connectivity index is 3.14. The molecule has 1 aromatic carbocycles. The van der Waals surface area contributed by atoms with E-state index >= 15 is 0 Å². The number of benzene rings is 1. The maximum absolute atomic E-state index is 12.1. The minimum atomic E-state index is -3.04. The summed E-state index contributed by atoms with van der Waals surface area (Å²) in [5, 5.41) is 66.4. The Morgan fingerprint density at radius 3 is 2.29 bits per heavy atom. The van der Waals surface area contributed by atoms with E-state index in [-0.39, 0.29) is 11.8 Å². The Labute approximate surface area is 136 Å². The first-order chi connectivity index (χ1) is 11.2. The van der Waals surface area contributed by atoms with Gasteiger partial charge in [0.1, 0.15) is 18.3 Å². The number of phenols is 2. The summed E-state index contributed by atoms with van der Waals surface area (Å²) in [7, 11) is 0. The zero-order valence-corrected chi connectivity index (χ0v) is 12.4. The first-order valence-electron chi connectivity index (χ1n) is 6.75. The number of ketones is 1. The van der Waals surface area contributed by atoms with Crippen LogP contribution in [0, 0.1) is 0 Å². The van der Waals surface area contributed by atoms with Gasteiger partial charge in [-0.3, -0.25) is 4.79 Å². The number of phenolic OH excluding ortho intramolecular Hbond substituents is 2. The summed E-state index contributed by atoms with van der Waals surface area (Å²) in [4.78, 5) is 22.7. The van der Waals surface area contributed by atoms with Crippen molar-refractivity contribution in [1.82, 2.24) is 0 Å². The smallest absolute Gasteiger partial charge is 0.192 e. The van der Waals surface area contributed by atoms with E-state index in [0.717, 1.165) is 18.2 Å². The van der Waals surface area contributed by atoms with Gasteiger partial charge in [0.15, 0.2) is 29.2 Å². The molecule has 0 spiro atoms. The van der Waals surface area contributed by atoms with Gasteiger partial charge in [0, 0.05) is 0 Å². The molecule has 0 radical (unpaired) electrons. The molecule has 4 unspecified atom stereocenters. The molecule has 1 aromatic rings. The van der Waals surface area contributed by atoms with E-state index < -0.39 is 47.8 Å². The maximum Gasteiger partial charge on any atom is 0.192 e. The highest BCUT2D eigenvalue weighted by Gasteiger charge is 2.50. The first-order valence-corrected chi connectivity index (χ1v) is 6.75. The second kappa shape index (κ2) is 7.99. The van der Waals surface area contributed by atoms with Crippen molar-refractivity contribution in [2.24, 2.45) is 0 Å². The molecule has 9 heteroatoms. The highest BCUT2D eigenvalue weighted by molar-refractivity contribution is 6.01. The third kappa shape index (κ3) is 3.96. The van der Waals surface area contributed by atoms with E-state index in [9.17, 15) is 40.2 Å². The van der Waals surface area contributed by atoms with Gasteiger partial charge in [0.25, 0.3) is 0 Å². The van der Waals surface area contributed by atoms with E-state index in [0.29, 0.717) is 6.08 Å². The van der Waals surface area contributed by atoms with Crippen molar-refractivity contribution in [3.8, 4) is 11.5 Å². The van der Waals surface area contributed by atoms with Crippen LogP contribution in [0.15, 0.2) is 24.3 Å². The molecule has 1 rings (SSSR count). The lowest BCUT2D eigenvalue weighted by Gasteiger charge is -2.34. The molecule has 0 fully saturated rings. The predicted molar refractivity (Wildman–Crippen MR) is 79.9 cm³/mol. The zero-order chi connectivity index (χ0) is 18.5. The van der Waals surface area contributed by atoms with Crippen LogP contribution in [0.4, 0.5) is 0 Å². The van der Waals surface area contributed by atoms with Gasteiger partial charge < -0.3 is 40.5 Å². The number of aldehydes is 1. The van der Waals surface area contributed by atoms with Crippen LogP contribution in [0.3, 0.4) is 0 Å². The number of aromatic hydroxyl groups is 2. The van der Waals surface area contributed by atoms with Gasteiger partial charge in [-0.15, -0.1) is 0 Å². The Hall–Kier alpha value is -2.30. The number of carbonyl (C=O) groups is 2. The lowest BCUT2D eigenvalue weighted by atomic mass is 9.83. The molecule has 0 heterocycles. The van der Waals surface area contributed by atoms with Crippen LogP contribution >= 0.6 is 0 Å². The van der Waals surface area contributed by atoms with Crippen molar-refractivity contribution < 1.29 is 45.3 Å². The van der Waals surface area contributed by atoms with E-state index in [1.807, 2.05) is 0 Å². The molecule has 0 amide bonds. The van der Waals surface area contributed by atoms with Crippen LogP contribution in [-0.2, 0) is 9.59 Å². The summed E-state index contributed by atoms with van der Waals surface area (Å²) >= 11 is 0. The quantitative estimate of drug-likeness (QED) is 0.155. The molecule has 0 aromatic heterocycles. The van der Waals surface area contributed by atoms with Crippen molar-refractivity contribution in [1.29, 1.82) is 0 Å². The SMILES string of the molecule is O=CC(O)C(O)C(O)(C(=O)C=Cc1ccc(O)c(O)c1)C(O)CO. The normalized spacial score (nSPS) is 17.9. The van der Waals surface area contributed by atoms with Gasteiger partial charge in [-0.05, 0) is 23.8 Å². The van der Waals surface area contributed by atoms with Crippen molar-refractivity contribution in [2.45, 2.75) is 23.9 Å². The van der Waals surface area contributed by atoms with Gasteiger partial charge in [-0.1, -0.05) is 12.1 Å². The molecule has 0 aliphatic carbocycles. The fourth-order valence-electron chi connectivity index (χ4n) is 1.93. The van der Waals surface area contributed by atoms with Gasteiger partial charge in [0.05, 0.1) is 6.61 Å². The van der Waals surface area contributed by atoms with Crippen molar-refractivity contribution >= 4 is 18.1 Å². The van der Waals surface area contributed by atoms with Gasteiger partial charge >= 0.3 is 0 Å². The number of hydrogen-bond acceptors (Lipinski definition) is 9. The standard InChI is InChI=1S/C15H18O9/c16-6-11(20)14(23)15(24,13(22)7-17)12(21)4-2-8-1-3-9(18)10(19)5-8/h1-6,11,13-14,17-20,22-24H,7H2. The summed E-state index contributed by atoms with van der Waals surface area (Å²) in [5.74, 6) is -2.16. The predicted octanol–water partition coefficient (Wildman–Crippen LogP) is -2.31. The van der Waals surface area contributed by atoms with Gasteiger partial charge in [-0.25, -0.2) is 0 Å². The fourth-order valence-corrected chi connectivity index (χ4v) is 1.93. The average Bonchev–Trinajstić information content (AvgIpc) is 2.59. The molecule has 0 bridgehead atoms. The van der Waals surface area contributed by atoms with Crippen molar-refractivity contribution in [3.63, 3.8) is 0 Å². The second-order valence-corrected chi connectivity index (χ2v) is 5.04. The summed E-state index contributed by atoms with van der Waals surface area (Å²) in [6, 6.07) is 3.55. The summed E-state index contributed by atoms with van der Waals surface area (Å²) in [6.07, 6.45) is -5.09. The topological polar surface area (TPSA) is 176 Å². The van der Waals surface area contributed by atoms with Gasteiger partial charge in [-0.2, -0.15) is 0 Å². The summed E-state index contributed by atoms with van der Waals surface area (Å²) in [6.45, 7) is -1.13. The average molecular weight is 342 g/mol. The Kier molecular flexibility index (Phi) is 6.58. The first kappa shape index (κ1) is 19.7. The van der Waals surface area contributed by atoms with E-state index in [1.165, 1.54) is 6.07 Å². The highest BCUT2D eigenvalue weighted by atomic mass is 16.4. The number of aliphatic hydroxyl groups is 5. The number of hydrogen-bond donors (Lipinski definition) is 7. The van der Waals surface area contributed by atoms with Crippen molar-refractivity contribution in [3.05, 3.63) is 29.8 Å². The molecule has 24 heavy (non-hydrogen) atoms. The third-order valence-corrected chi connectivity index (χ3v) is 3.42. The molecule has 132 valence electrons. The van der Waals surface area contributed by atoms with Crippen molar-refractivity contribution in [2.75, 3.05) is 6.61 Å². The number of carbonyl (C=O) groups excluding carboxylic acids is 2. The Morgan fingerprint density at radius 1 is 1.17 bits per heavy atom. The Morgan fingerprint density at radius 2 is 1.79 bits per heavy atom. The Bertz CT molecular complexity index is 627. The van der Waals surface area contributed by atoms with Gasteiger partial charge in [0.2, 0.25) is 0 Å². The van der Waals surface area contributed by atoms with E-state index in [1.54, 1.807) is 0 Å². The molecular formula is C15H18O9. The van der Waals surface area contributed by atoms with Crippen LogP contribution < -0.4 is 0 Å². The lowest BCUT2D eigenvalue weighted by molar-refractivity contribution is -0.187. The molecule has 0 saturated carbocycles. The minimum Gasteiger partial charge on any atom is -0.504 e. The third-order valence-electron chi connectivity index (χ3n) is 3.42. The van der Waals surface area contributed by atoms with Crippen LogP contribution in [0.25, 0.3) is 6.08 Å². The summed E-state index contributed by atoms with van der Waals surface area (Å²) < 4.78 is 0. The molecular weight excluding hydrogens is 324 g/mol. The van der Waals surface area contributed by atoms with Crippen LogP contribution in [0.5, 0.6) is 11.5 Å². The second-order valence-electron chi connectivity index (χ2n) is 5.04. The lowest BCUT2D eigenvalue weighted by Crippen LogP contribution is -2.62. The molecule has 9 nitrogen and oxygen atoms in total. The molecule has 7 N–H and O–H groups in total. The molecule has 4 atom stereocenters. The zero-order valence-electron chi connectivity index (χ0n) is 12.4. The number of rotatable bonds is 8. The molecule has 0 saturated heterocycles. The van der Waals surface area contributed by atoms with E-state index in [2.05, 4.69) is 0 Å². The summed E-state index contributed by atoms with van der Waals surface area (Å²) in [5.41, 5.74) is -2.81. The van der Waals surface area contributed by atoms with Crippen LogP contribution in [0.2, 0.25) is 0 Å².